The lowest BCUT2D eigenvalue weighted by atomic mass is 10.1. The molecule has 2 aromatic carbocycles. The average Bonchev–Trinajstić information content (AvgIpc) is 3.28. The van der Waals surface area contributed by atoms with Gasteiger partial charge in [-0.2, -0.15) is 18.2 Å². The number of alkyl halides is 3. The molecule has 1 aliphatic heterocycles. The Labute approximate surface area is 162 Å². The third kappa shape index (κ3) is 3.60. The highest BCUT2D eigenvalue weighted by atomic mass is 35.5. The molecule has 0 spiro atoms. The van der Waals surface area contributed by atoms with Gasteiger partial charge in [0.1, 0.15) is 0 Å². The maximum atomic E-state index is 12.7. The molecule has 9 heteroatoms. The van der Waals surface area contributed by atoms with Crippen molar-refractivity contribution in [3.8, 4) is 11.5 Å². The summed E-state index contributed by atoms with van der Waals surface area (Å²) >= 11 is 5.99. The summed E-state index contributed by atoms with van der Waals surface area (Å²) in [6.07, 6.45) is -4.20. The second kappa shape index (κ2) is 6.94. The summed E-state index contributed by atoms with van der Waals surface area (Å²) in [4.78, 5) is 18.2. The molecule has 0 saturated carbocycles. The van der Waals surface area contributed by atoms with E-state index in [0.717, 1.165) is 12.1 Å². The van der Waals surface area contributed by atoms with E-state index in [1.165, 1.54) is 12.1 Å². The number of aromatic nitrogens is 2. The van der Waals surface area contributed by atoms with Crippen molar-refractivity contribution in [2.24, 2.45) is 0 Å². The van der Waals surface area contributed by atoms with Crippen molar-refractivity contribution in [2.75, 3.05) is 11.4 Å². The number of anilines is 1. The van der Waals surface area contributed by atoms with Crippen molar-refractivity contribution in [3.05, 3.63) is 64.9 Å². The van der Waals surface area contributed by atoms with E-state index < -0.39 is 11.7 Å². The van der Waals surface area contributed by atoms with Gasteiger partial charge in [-0.25, -0.2) is 0 Å². The van der Waals surface area contributed by atoms with Crippen LogP contribution in [-0.2, 0) is 11.0 Å². The number of rotatable bonds is 3. The molecule has 2 heterocycles. The van der Waals surface area contributed by atoms with E-state index >= 15 is 0 Å². The van der Waals surface area contributed by atoms with Crippen LogP contribution in [0.4, 0.5) is 18.9 Å². The summed E-state index contributed by atoms with van der Waals surface area (Å²) < 4.78 is 43.2. The van der Waals surface area contributed by atoms with Crippen molar-refractivity contribution in [3.63, 3.8) is 0 Å². The van der Waals surface area contributed by atoms with Crippen LogP contribution in [0.3, 0.4) is 0 Å². The number of nitrogens with zero attached hydrogens (tertiary/aromatic N) is 3. The molecule has 1 atom stereocenters. The first-order valence-corrected chi connectivity index (χ1v) is 8.76. The van der Waals surface area contributed by atoms with Gasteiger partial charge in [0.25, 0.3) is 5.89 Å². The third-order valence-electron chi connectivity index (χ3n) is 4.51. The zero-order valence-corrected chi connectivity index (χ0v) is 15.0. The lowest BCUT2D eigenvalue weighted by Crippen LogP contribution is -2.24. The monoisotopic (exact) mass is 407 g/mol. The maximum absolute atomic E-state index is 12.7. The van der Waals surface area contributed by atoms with Crippen molar-refractivity contribution < 1.29 is 22.5 Å². The zero-order chi connectivity index (χ0) is 19.9. The molecular weight excluding hydrogens is 395 g/mol. The summed E-state index contributed by atoms with van der Waals surface area (Å²) in [7, 11) is 0. The highest BCUT2D eigenvalue weighted by Crippen LogP contribution is 2.33. The lowest BCUT2D eigenvalue weighted by Gasteiger charge is -2.16. The van der Waals surface area contributed by atoms with Crippen LogP contribution < -0.4 is 4.90 Å². The van der Waals surface area contributed by atoms with Crippen molar-refractivity contribution in [1.82, 2.24) is 10.1 Å². The normalized spacial score (nSPS) is 17.4. The Balaban J connectivity index is 1.53. The van der Waals surface area contributed by atoms with E-state index in [4.69, 9.17) is 16.1 Å². The van der Waals surface area contributed by atoms with Crippen LogP contribution in [0.15, 0.2) is 53.1 Å². The molecule has 4 rings (SSSR count). The quantitative estimate of drug-likeness (QED) is 0.617. The van der Waals surface area contributed by atoms with E-state index in [0.29, 0.717) is 28.6 Å². The van der Waals surface area contributed by atoms with Crippen molar-refractivity contribution in [1.29, 1.82) is 0 Å². The second-order valence-electron chi connectivity index (χ2n) is 6.42. The van der Waals surface area contributed by atoms with Crippen LogP contribution in [0.2, 0.25) is 5.02 Å². The summed E-state index contributed by atoms with van der Waals surface area (Å²) in [6.45, 7) is 0.366. The molecule has 0 bridgehead atoms. The minimum Gasteiger partial charge on any atom is -0.334 e. The summed E-state index contributed by atoms with van der Waals surface area (Å²) in [6, 6.07) is 11.4. The Kier molecular flexibility index (Phi) is 4.58. The number of benzene rings is 2. The molecule has 5 nitrogen and oxygen atoms in total. The molecular formula is C19H13ClF3N3O2. The van der Waals surface area contributed by atoms with Crippen LogP contribution in [0.1, 0.15) is 23.7 Å². The predicted molar refractivity (Wildman–Crippen MR) is 95.9 cm³/mol. The molecule has 28 heavy (non-hydrogen) atoms. The Morgan fingerprint density at radius 2 is 1.89 bits per heavy atom. The number of hydrogen-bond acceptors (Lipinski definition) is 4. The standard InChI is InChI=1S/C19H13ClF3N3O2/c20-14-2-1-3-15(9-14)26-10-12(8-16(26)27)17-24-18(28-25-17)11-4-6-13(7-5-11)19(21,22)23/h1-7,9,12H,8,10H2. The topological polar surface area (TPSA) is 59.2 Å². The fraction of sp³-hybridized carbons (Fsp3) is 0.211. The van der Waals surface area contributed by atoms with Gasteiger partial charge in [0.15, 0.2) is 5.82 Å². The molecule has 0 radical (unpaired) electrons. The highest BCUT2D eigenvalue weighted by molar-refractivity contribution is 6.30. The van der Waals surface area contributed by atoms with Gasteiger partial charge in [-0.3, -0.25) is 4.79 Å². The van der Waals surface area contributed by atoms with Crippen LogP contribution in [0, 0.1) is 0 Å². The maximum Gasteiger partial charge on any atom is 0.416 e. The average molecular weight is 408 g/mol. The van der Waals surface area contributed by atoms with Gasteiger partial charge in [-0.1, -0.05) is 22.8 Å². The minimum absolute atomic E-state index is 0.0897. The predicted octanol–water partition coefficient (Wildman–Crippen LogP) is 4.93. The van der Waals surface area contributed by atoms with Gasteiger partial charge in [-0.05, 0) is 42.5 Å². The van der Waals surface area contributed by atoms with Gasteiger partial charge < -0.3 is 9.42 Å². The van der Waals surface area contributed by atoms with E-state index in [2.05, 4.69) is 10.1 Å². The Morgan fingerprint density at radius 3 is 2.57 bits per heavy atom. The lowest BCUT2D eigenvalue weighted by molar-refractivity contribution is -0.137. The first kappa shape index (κ1) is 18.5. The number of halogens is 4. The fourth-order valence-corrected chi connectivity index (χ4v) is 3.28. The van der Waals surface area contributed by atoms with Gasteiger partial charge in [0.2, 0.25) is 5.91 Å². The minimum atomic E-state index is -4.41. The van der Waals surface area contributed by atoms with Crippen LogP contribution in [0.5, 0.6) is 0 Å². The van der Waals surface area contributed by atoms with E-state index in [1.807, 2.05) is 0 Å². The second-order valence-corrected chi connectivity index (χ2v) is 6.85. The molecule has 1 fully saturated rings. The summed E-state index contributed by atoms with van der Waals surface area (Å²) in [5.74, 6) is 0.0803. The molecule has 1 unspecified atom stereocenters. The van der Waals surface area contributed by atoms with E-state index in [9.17, 15) is 18.0 Å². The van der Waals surface area contributed by atoms with Gasteiger partial charge in [0, 0.05) is 35.2 Å². The number of hydrogen-bond donors (Lipinski definition) is 0. The largest absolute Gasteiger partial charge is 0.416 e. The van der Waals surface area contributed by atoms with Crippen LogP contribution >= 0.6 is 11.6 Å². The molecule has 1 saturated heterocycles. The van der Waals surface area contributed by atoms with E-state index in [1.54, 1.807) is 29.2 Å². The first-order valence-electron chi connectivity index (χ1n) is 8.38. The molecule has 1 aliphatic rings. The van der Waals surface area contributed by atoms with Crippen molar-refractivity contribution >= 4 is 23.2 Å². The van der Waals surface area contributed by atoms with Crippen LogP contribution in [-0.4, -0.2) is 22.6 Å². The smallest absolute Gasteiger partial charge is 0.334 e. The van der Waals surface area contributed by atoms with Gasteiger partial charge >= 0.3 is 6.18 Å². The number of amides is 1. The first-order chi connectivity index (χ1) is 13.3. The third-order valence-corrected chi connectivity index (χ3v) is 4.75. The number of carbonyl (C=O) groups is 1. The SMILES string of the molecule is O=C1CC(c2noc(-c3ccc(C(F)(F)F)cc3)n2)CN1c1cccc(Cl)c1. The van der Waals surface area contributed by atoms with Crippen molar-refractivity contribution in [2.45, 2.75) is 18.5 Å². The molecule has 1 amide bonds. The summed E-state index contributed by atoms with van der Waals surface area (Å²) in [5, 5.41) is 4.44. The molecule has 144 valence electrons. The number of carbonyl (C=O) groups excluding carboxylic acids is 1. The highest BCUT2D eigenvalue weighted by Gasteiger charge is 2.35. The fourth-order valence-electron chi connectivity index (χ4n) is 3.09. The zero-order valence-electron chi connectivity index (χ0n) is 14.3. The molecule has 0 aliphatic carbocycles. The molecule has 1 aromatic heterocycles. The van der Waals surface area contributed by atoms with Crippen LogP contribution in [0.25, 0.3) is 11.5 Å². The Hall–Kier alpha value is -2.87. The van der Waals surface area contributed by atoms with Gasteiger partial charge in [0.05, 0.1) is 5.56 Å². The Bertz CT molecular complexity index is 1020. The molecule has 3 aromatic rings. The van der Waals surface area contributed by atoms with Gasteiger partial charge in [-0.15, -0.1) is 0 Å². The Morgan fingerprint density at radius 1 is 1.14 bits per heavy atom. The van der Waals surface area contributed by atoms with E-state index in [-0.39, 0.29) is 24.1 Å². The molecule has 0 N–H and O–H groups in total. The summed E-state index contributed by atoms with van der Waals surface area (Å²) in [5.41, 5.74) is 0.309.